The fraction of sp³-hybridized carbons (Fsp3) is 0.333. The van der Waals surface area contributed by atoms with Crippen molar-refractivity contribution in [3.05, 3.63) is 28.7 Å². The molecule has 0 radical (unpaired) electrons. The Labute approximate surface area is 113 Å². The van der Waals surface area contributed by atoms with E-state index >= 15 is 0 Å². The molecule has 0 atom stereocenters. The molecular formula is C12H12BrNO2S. The first-order chi connectivity index (χ1) is 8.16. The van der Waals surface area contributed by atoms with Crippen molar-refractivity contribution in [1.82, 2.24) is 4.90 Å². The normalized spacial score (nSPS) is 15.7. The SMILES string of the molecule is O=C1CCC(=O)N1CCSc1ccc(Br)cc1. The van der Waals surface area contributed by atoms with Crippen molar-refractivity contribution in [2.45, 2.75) is 17.7 Å². The van der Waals surface area contributed by atoms with E-state index in [2.05, 4.69) is 15.9 Å². The maximum Gasteiger partial charge on any atom is 0.229 e. The fourth-order valence-corrected chi connectivity index (χ4v) is 2.76. The molecule has 0 bridgehead atoms. The second-order valence-corrected chi connectivity index (χ2v) is 5.83. The molecule has 1 aromatic rings. The molecule has 0 saturated carbocycles. The van der Waals surface area contributed by atoms with Gasteiger partial charge in [-0.25, -0.2) is 0 Å². The zero-order valence-corrected chi connectivity index (χ0v) is 11.6. The standard InChI is InChI=1S/C12H12BrNO2S/c13-9-1-3-10(4-2-9)17-8-7-14-11(15)5-6-12(14)16/h1-4H,5-8H2. The lowest BCUT2D eigenvalue weighted by molar-refractivity contribution is -0.137. The van der Waals surface area contributed by atoms with Gasteiger partial charge in [-0.1, -0.05) is 15.9 Å². The lowest BCUT2D eigenvalue weighted by Gasteiger charge is -2.12. The largest absolute Gasteiger partial charge is 0.282 e. The predicted octanol–water partition coefficient (Wildman–Crippen LogP) is 2.69. The molecule has 5 heteroatoms. The minimum atomic E-state index is -0.0357. The van der Waals surface area contributed by atoms with Crippen LogP contribution in [-0.2, 0) is 9.59 Å². The minimum absolute atomic E-state index is 0.0357. The summed E-state index contributed by atoms with van der Waals surface area (Å²) in [6.07, 6.45) is 0.754. The van der Waals surface area contributed by atoms with E-state index in [-0.39, 0.29) is 11.8 Å². The molecule has 3 nitrogen and oxygen atoms in total. The maximum absolute atomic E-state index is 11.4. The van der Waals surface area contributed by atoms with Gasteiger partial charge in [0.25, 0.3) is 0 Å². The Hall–Kier alpha value is -0.810. The van der Waals surface area contributed by atoms with Gasteiger partial charge in [0.2, 0.25) is 11.8 Å². The predicted molar refractivity (Wildman–Crippen MR) is 70.8 cm³/mol. The number of hydrogen-bond acceptors (Lipinski definition) is 3. The first-order valence-corrected chi connectivity index (χ1v) is 7.16. The van der Waals surface area contributed by atoms with Crippen LogP contribution in [0.15, 0.2) is 33.6 Å². The fourth-order valence-electron chi connectivity index (χ4n) is 1.66. The molecule has 1 aliphatic heterocycles. The number of benzene rings is 1. The molecule has 1 saturated heterocycles. The molecule has 1 fully saturated rings. The highest BCUT2D eigenvalue weighted by Crippen LogP contribution is 2.21. The number of rotatable bonds is 4. The molecule has 0 spiro atoms. The molecule has 0 aromatic heterocycles. The van der Waals surface area contributed by atoms with Crippen LogP contribution in [0.3, 0.4) is 0 Å². The average Bonchev–Trinajstić information content (AvgIpc) is 2.63. The molecule has 1 heterocycles. The van der Waals surface area contributed by atoms with Gasteiger partial charge in [0, 0.05) is 34.5 Å². The van der Waals surface area contributed by atoms with E-state index in [4.69, 9.17) is 0 Å². The molecule has 0 N–H and O–H groups in total. The summed E-state index contributed by atoms with van der Waals surface area (Å²) in [7, 11) is 0. The Kier molecular flexibility index (Phi) is 4.23. The van der Waals surface area contributed by atoms with E-state index < -0.39 is 0 Å². The molecule has 90 valence electrons. The topological polar surface area (TPSA) is 37.4 Å². The zero-order valence-electron chi connectivity index (χ0n) is 9.19. The second-order valence-electron chi connectivity index (χ2n) is 3.74. The van der Waals surface area contributed by atoms with Crippen LogP contribution in [0.4, 0.5) is 0 Å². The van der Waals surface area contributed by atoms with Crippen LogP contribution in [0.1, 0.15) is 12.8 Å². The van der Waals surface area contributed by atoms with E-state index in [9.17, 15) is 9.59 Å². The van der Waals surface area contributed by atoms with Gasteiger partial charge in [-0.05, 0) is 24.3 Å². The van der Waals surface area contributed by atoms with Crippen LogP contribution in [0.25, 0.3) is 0 Å². The number of thioether (sulfide) groups is 1. The van der Waals surface area contributed by atoms with Crippen LogP contribution in [0, 0.1) is 0 Å². The second kappa shape index (κ2) is 5.69. The van der Waals surface area contributed by atoms with Gasteiger partial charge in [-0.2, -0.15) is 0 Å². The Morgan fingerprint density at radius 3 is 2.29 bits per heavy atom. The molecule has 0 aliphatic carbocycles. The number of imide groups is 1. The molecule has 1 aromatic carbocycles. The number of nitrogens with zero attached hydrogens (tertiary/aromatic N) is 1. The maximum atomic E-state index is 11.4. The van der Waals surface area contributed by atoms with Gasteiger partial charge < -0.3 is 0 Å². The third-order valence-electron chi connectivity index (χ3n) is 2.55. The molecule has 2 rings (SSSR count). The van der Waals surface area contributed by atoms with Crippen molar-refractivity contribution in [3.63, 3.8) is 0 Å². The molecule has 2 amide bonds. The van der Waals surface area contributed by atoms with E-state index in [1.165, 1.54) is 4.90 Å². The average molecular weight is 314 g/mol. The van der Waals surface area contributed by atoms with Crippen molar-refractivity contribution in [3.8, 4) is 0 Å². The molecule has 17 heavy (non-hydrogen) atoms. The Bertz CT molecular complexity index is 417. The molecule has 1 aliphatic rings. The Balaban J connectivity index is 1.81. The highest BCUT2D eigenvalue weighted by atomic mass is 79.9. The Morgan fingerprint density at radius 1 is 1.12 bits per heavy atom. The monoisotopic (exact) mass is 313 g/mol. The summed E-state index contributed by atoms with van der Waals surface area (Å²) in [5.41, 5.74) is 0. The van der Waals surface area contributed by atoms with E-state index in [0.717, 1.165) is 15.1 Å². The lowest BCUT2D eigenvalue weighted by Crippen LogP contribution is -2.31. The first-order valence-electron chi connectivity index (χ1n) is 5.38. The molecule has 0 unspecified atom stereocenters. The van der Waals surface area contributed by atoms with Crippen LogP contribution in [-0.4, -0.2) is 29.0 Å². The number of amides is 2. The minimum Gasteiger partial charge on any atom is -0.282 e. The van der Waals surface area contributed by atoms with Crippen molar-refractivity contribution >= 4 is 39.5 Å². The number of likely N-dealkylation sites (tertiary alicyclic amines) is 1. The summed E-state index contributed by atoms with van der Waals surface area (Å²) in [5.74, 6) is 0.678. The van der Waals surface area contributed by atoms with Gasteiger partial charge in [-0.15, -0.1) is 11.8 Å². The highest BCUT2D eigenvalue weighted by Gasteiger charge is 2.27. The smallest absolute Gasteiger partial charge is 0.229 e. The summed E-state index contributed by atoms with van der Waals surface area (Å²) in [6, 6.07) is 7.99. The van der Waals surface area contributed by atoms with Crippen LogP contribution in [0.5, 0.6) is 0 Å². The third-order valence-corrected chi connectivity index (χ3v) is 4.07. The van der Waals surface area contributed by atoms with Crippen molar-refractivity contribution in [2.24, 2.45) is 0 Å². The van der Waals surface area contributed by atoms with Crippen LogP contribution < -0.4 is 0 Å². The third kappa shape index (κ3) is 3.33. The summed E-state index contributed by atoms with van der Waals surface area (Å²) >= 11 is 5.03. The van der Waals surface area contributed by atoms with Gasteiger partial charge in [0.15, 0.2) is 0 Å². The van der Waals surface area contributed by atoms with Crippen molar-refractivity contribution in [2.75, 3.05) is 12.3 Å². The first kappa shape index (κ1) is 12.6. The van der Waals surface area contributed by atoms with Gasteiger partial charge in [-0.3, -0.25) is 14.5 Å². The number of carbonyl (C=O) groups is 2. The van der Waals surface area contributed by atoms with Gasteiger partial charge >= 0.3 is 0 Å². The van der Waals surface area contributed by atoms with Crippen LogP contribution in [0.2, 0.25) is 0 Å². The number of carbonyl (C=O) groups excluding carboxylic acids is 2. The summed E-state index contributed by atoms with van der Waals surface area (Å²) < 4.78 is 1.05. The highest BCUT2D eigenvalue weighted by molar-refractivity contribution is 9.10. The molecular weight excluding hydrogens is 302 g/mol. The van der Waals surface area contributed by atoms with E-state index in [0.29, 0.717) is 19.4 Å². The summed E-state index contributed by atoms with van der Waals surface area (Å²) in [6.45, 7) is 0.512. The quantitative estimate of drug-likeness (QED) is 0.633. The number of hydrogen-bond donors (Lipinski definition) is 0. The summed E-state index contributed by atoms with van der Waals surface area (Å²) in [5, 5.41) is 0. The lowest BCUT2D eigenvalue weighted by atomic mass is 10.4. The van der Waals surface area contributed by atoms with Crippen LogP contribution >= 0.6 is 27.7 Å². The van der Waals surface area contributed by atoms with Crippen molar-refractivity contribution < 1.29 is 9.59 Å². The van der Waals surface area contributed by atoms with E-state index in [1.807, 2.05) is 24.3 Å². The number of halogens is 1. The zero-order chi connectivity index (χ0) is 12.3. The van der Waals surface area contributed by atoms with E-state index in [1.54, 1.807) is 11.8 Å². The van der Waals surface area contributed by atoms with Gasteiger partial charge in [0.05, 0.1) is 0 Å². The Morgan fingerprint density at radius 2 is 1.71 bits per heavy atom. The summed E-state index contributed by atoms with van der Waals surface area (Å²) in [4.78, 5) is 25.2. The van der Waals surface area contributed by atoms with Crippen molar-refractivity contribution in [1.29, 1.82) is 0 Å². The van der Waals surface area contributed by atoms with Gasteiger partial charge in [0.1, 0.15) is 0 Å².